The third-order valence-electron chi connectivity index (χ3n) is 8.23. The first-order valence-electron chi connectivity index (χ1n) is 16.2. The van der Waals surface area contributed by atoms with E-state index >= 15 is 0 Å². The van der Waals surface area contributed by atoms with E-state index in [1.165, 1.54) is 12.0 Å². The first kappa shape index (κ1) is 35.6. The molecule has 5 amide bonds. The molecule has 0 bridgehead atoms. The van der Waals surface area contributed by atoms with Crippen LogP contribution in [0.15, 0.2) is 66.9 Å². The summed E-state index contributed by atoms with van der Waals surface area (Å²) in [5.41, 5.74) is 3.66. The Kier molecular flexibility index (Phi) is 10.9. The Labute approximate surface area is 290 Å². The first-order valence-corrected chi connectivity index (χ1v) is 16.2. The molecule has 1 aliphatic heterocycles. The molecule has 1 fully saturated rings. The molecule has 5 rings (SSSR count). The maximum atomic E-state index is 13.5. The number of aromatic nitrogens is 1. The molecule has 0 aliphatic carbocycles. The van der Waals surface area contributed by atoms with Crippen molar-refractivity contribution in [2.75, 3.05) is 70.1 Å². The average Bonchev–Trinajstić information content (AvgIpc) is 3.10. The molecule has 0 saturated carbocycles. The molecular formula is C37H42N6O7. The summed E-state index contributed by atoms with van der Waals surface area (Å²) in [6, 6.07) is 18.0. The summed E-state index contributed by atoms with van der Waals surface area (Å²) in [4.78, 5) is 58.5. The van der Waals surface area contributed by atoms with E-state index < -0.39 is 18.7 Å². The number of ether oxygens (including phenoxy) is 3. The Morgan fingerprint density at radius 1 is 0.880 bits per heavy atom. The maximum Gasteiger partial charge on any atom is 0.412 e. The summed E-state index contributed by atoms with van der Waals surface area (Å²) in [7, 11) is 4.55. The highest BCUT2D eigenvalue weighted by Gasteiger charge is 2.23. The highest BCUT2D eigenvalue weighted by atomic mass is 16.6. The number of fused-ring (bicyclic) bond motifs is 1. The molecule has 3 aromatic carbocycles. The predicted octanol–water partition coefficient (Wildman–Crippen LogP) is 5.96. The standard InChI is InChI=1S/C37H42N6O7/c1-37(2,3)24-19-30(33(48-6)31(20-24)41-36(47)50-22-32(44)42(4)5)40-35(46)39-28-14-12-25(26-9-7-8-10-27(26)28)23-11-13-29(38-21-23)34(45)43-15-17-49-18-16-43/h7-14,19-21H,15-18,22H2,1-6H3,(H,41,47)(H2,39,40,46). The van der Waals surface area contributed by atoms with Crippen molar-refractivity contribution in [3.05, 3.63) is 78.1 Å². The lowest BCUT2D eigenvalue weighted by atomic mass is 9.86. The minimum Gasteiger partial charge on any atom is -0.492 e. The second kappa shape index (κ2) is 15.2. The number of anilines is 3. The van der Waals surface area contributed by atoms with Crippen LogP contribution in [0.5, 0.6) is 5.75 Å². The highest BCUT2D eigenvalue weighted by molar-refractivity contribution is 6.10. The molecule has 1 aliphatic rings. The summed E-state index contributed by atoms with van der Waals surface area (Å²) in [5.74, 6) is -0.299. The monoisotopic (exact) mass is 682 g/mol. The minimum atomic E-state index is -0.847. The normalized spacial score (nSPS) is 13.0. The van der Waals surface area contributed by atoms with Gasteiger partial charge in [-0.05, 0) is 46.2 Å². The van der Waals surface area contributed by atoms with Gasteiger partial charge >= 0.3 is 12.1 Å². The lowest BCUT2D eigenvalue weighted by Gasteiger charge is -2.26. The topological polar surface area (TPSA) is 151 Å². The van der Waals surface area contributed by atoms with Gasteiger partial charge in [0.1, 0.15) is 5.69 Å². The first-order chi connectivity index (χ1) is 23.8. The summed E-state index contributed by atoms with van der Waals surface area (Å²) in [6.45, 7) is 7.66. The van der Waals surface area contributed by atoms with Gasteiger partial charge in [0.25, 0.3) is 11.8 Å². The van der Waals surface area contributed by atoms with E-state index in [0.717, 1.165) is 27.5 Å². The smallest absolute Gasteiger partial charge is 0.412 e. The third kappa shape index (κ3) is 8.29. The molecule has 50 heavy (non-hydrogen) atoms. The Bertz CT molecular complexity index is 1900. The van der Waals surface area contributed by atoms with Gasteiger partial charge in [-0.3, -0.25) is 19.9 Å². The molecule has 4 aromatic rings. The second-order valence-corrected chi connectivity index (χ2v) is 13.0. The van der Waals surface area contributed by atoms with Gasteiger partial charge in [-0.25, -0.2) is 9.59 Å². The minimum absolute atomic E-state index is 0.126. The summed E-state index contributed by atoms with van der Waals surface area (Å²) >= 11 is 0. The van der Waals surface area contributed by atoms with E-state index in [1.54, 1.807) is 43.4 Å². The molecule has 0 spiro atoms. The summed E-state index contributed by atoms with van der Waals surface area (Å²) in [5, 5.41) is 10.1. The van der Waals surface area contributed by atoms with Crippen LogP contribution in [0.25, 0.3) is 21.9 Å². The lowest BCUT2D eigenvalue weighted by Crippen LogP contribution is -2.41. The van der Waals surface area contributed by atoms with Gasteiger partial charge in [0.05, 0.1) is 37.4 Å². The van der Waals surface area contributed by atoms with E-state index in [0.29, 0.717) is 43.4 Å². The zero-order valence-corrected chi connectivity index (χ0v) is 29.1. The molecular weight excluding hydrogens is 640 g/mol. The van der Waals surface area contributed by atoms with Crippen LogP contribution in [0.3, 0.4) is 0 Å². The number of likely N-dealkylation sites (N-methyl/N-ethyl adjacent to an activating group) is 1. The van der Waals surface area contributed by atoms with Crippen LogP contribution in [0.1, 0.15) is 36.8 Å². The van der Waals surface area contributed by atoms with Crippen LogP contribution in [0.4, 0.5) is 26.7 Å². The predicted molar refractivity (Wildman–Crippen MR) is 192 cm³/mol. The Balaban J connectivity index is 1.37. The van der Waals surface area contributed by atoms with Gasteiger partial charge in [0.2, 0.25) is 0 Å². The molecule has 13 nitrogen and oxygen atoms in total. The number of hydrogen-bond donors (Lipinski definition) is 3. The number of carbonyl (C=O) groups excluding carboxylic acids is 4. The zero-order chi connectivity index (χ0) is 36.0. The molecule has 3 N–H and O–H groups in total. The van der Waals surface area contributed by atoms with E-state index in [1.807, 2.05) is 63.2 Å². The van der Waals surface area contributed by atoms with Gasteiger partial charge in [-0.1, -0.05) is 57.2 Å². The van der Waals surface area contributed by atoms with Crippen LogP contribution < -0.4 is 20.7 Å². The van der Waals surface area contributed by atoms with Gasteiger partial charge in [-0.2, -0.15) is 0 Å². The van der Waals surface area contributed by atoms with Crippen LogP contribution in [0.2, 0.25) is 0 Å². The van der Waals surface area contributed by atoms with Crippen molar-refractivity contribution in [1.82, 2.24) is 14.8 Å². The van der Waals surface area contributed by atoms with E-state index in [4.69, 9.17) is 14.2 Å². The second-order valence-electron chi connectivity index (χ2n) is 13.0. The summed E-state index contributed by atoms with van der Waals surface area (Å²) in [6.07, 6.45) is 0.839. The van der Waals surface area contributed by atoms with E-state index in [2.05, 4.69) is 20.9 Å². The number of morpholine rings is 1. The SMILES string of the molecule is COc1c(NC(=O)Nc2ccc(-c3ccc(C(=O)N4CCOCC4)nc3)c3ccccc23)cc(C(C)(C)C)cc1NC(=O)OCC(=O)N(C)C. The number of rotatable bonds is 8. The highest BCUT2D eigenvalue weighted by Crippen LogP contribution is 2.39. The molecule has 262 valence electrons. The number of nitrogens with zero attached hydrogens (tertiary/aromatic N) is 3. The quantitative estimate of drug-likeness (QED) is 0.206. The molecule has 1 saturated heterocycles. The fourth-order valence-electron chi connectivity index (χ4n) is 5.41. The Hall–Kier alpha value is -5.69. The van der Waals surface area contributed by atoms with Crippen molar-refractivity contribution in [2.45, 2.75) is 26.2 Å². The number of methoxy groups -OCH3 is 1. The van der Waals surface area contributed by atoms with Crippen LogP contribution in [0, 0.1) is 0 Å². The number of benzene rings is 3. The van der Waals surface area contributed by atoms with E-state index in [-0.39, 0.29) is 28.7 Å². The maximum absolute atomic E-state index is 13.5. The van der Waals surface area contributed by atoms with Crippen molar-refractivity contribution < 1.29 is 33.4 Å². The molecule has 13 heteroatoms. The Morgan fingerprint density at radius 2 is 1.54 bits per heavy atom. The van der Waals surface area contributed by atoms with Gasteiger partial charge in [-0.15, -0.1) is 0 Å². The van der Waals surface area contributed by atoms with Crippen molar-refractivity contribution in [1.29, 1.82) is 0 Å². The van der Waals surface area contributed by atoms with Crippen molar-refractivity contribution in [2.24, 2.45) is 0 Å². The van der Waals surface area contributed by atoms with Crippen molar-refractivity contribution in [3.63, 3.8) is 0 Å². The fourth-order valence-corrected chi connectivity index (χ4v) is 5.41. The van der Waals surface area contributed by atoms with E-state index in [9.17, 15) is 19.2 Å². The number of amides is 5. The van der Waals surface area contributed by atoms with Crippen LogP contribution >= 0.6 is 0 Å². The zero-order valence-electron chi connectivity index (χ0n) is 29.1. The van der Waals surface area contributed by atoms with Crippen molar-refractivity contribution in [3.8, 4) is 16.9 Å². The number of nitrogens with one attached hydrogen (secondary N) is 3. The summed E-state index contributed by atoms with van der Waals surface area (Å²) < 4.78 is 16.1. The number of urea groups is 1. The van der Waals surface area contributed by atoms with Gasteiger partial charge < -0.3 is 34.6 Å². The van der Waals surface area contributed by atoms with Crippen LogP contribution in [-0.4, -0.2) is 92.8 Å². The number of carbonyl (C=O) groups is 4. The fraction of sp³-hybridized carbons (Fsp3) is 0.324. The van der Waals surface area contributed by atoms with Gasteiger partial charge in [0.15, 0.2) is 12.4 Å². The molecule has 0 radical (unpaired) electrons. The Morgan fingerprint density at radius 3 is 2.16 bits per heavy atom. The molecule has 1 aromatic heterocycles. The molecule has 0 atom stereocenters. The lowest BCUT2D eigenvalue weighted by molar-refractivity contribution is -0.131. The van der Waals surface area contributed by atoms with Gasteiger partial charge in [0, 0.05) is 44.3 Å². The van der Waals surface area contributed by atoms with Crippen molar-refractivity contribution >= 4 is 51.8 Å². The number of pyridine rings is 1. The third-order valence-corrected chi connectivity index (χ3v) is 8.23. The van der Waals surface area contributed by atoms with Crippen LogP contribution in [-0.2, 0) is 19.7 Å². The molecule has 0 unspecified atom stereocenters. The largest absolute Gasteiger partial charge is 0.492 e. The number of hydrogen-bond acceptors (Lipinski definition) is 8. The average molecular weight is 683 g/mol. The molecule has 2 heterocycles.